The van der Waals surface area contributed by atoms with Crippen LogP contribution < -0.4 is 9.47 Å². The van der Waals surface area contributed by atoms with Crippen LogP contribution in [-0.2, 0) is 11.4 Å². The van der Waals surface area contributed by atoms with Crippen molar-refractivity contribution in [3.05, 3.63) is 62.5 Å². The molecule has 0 radical (unpaired) electrons. The van der Waals surface area contributed by atoms with Gasteiger partial charge in [-0.2, -0.15) is 0 Å². The summed E-state index contributed by atoms with van der Waals surface area (Å²) in [4.78, 5) is 14.3. The topological polar surface area (TPSA) is 38.8 Å². The lowest BCUT2D eigenvalue weighted by molar-refractivity contribution is -0.121. The standard InChI is InChI=1S/C21H20BrNO3S2/c1-4-25-17-10-15(11-18-20(24)23(3)21(27)28-18)9-16(22)19(17)26-12-14-7-5-13(2)6-8-14/h5-11H,4,12H2,1-3H3. The van der Waals surface area contributed by atoms with E-state index in [1.54, 1.807) is 7.05 Å². The van der Waals surface area contributed by atoms with Gasteiger partial charge in [-0.3, -0.25) is 9.69 Å². The summed E-state index contributed by atoms with van der Waals surface area (Å²) in [5, 5.41) is 0. The maximum Gasteiger partial charge on any atom is 0.265 e. The van der Waals surface area contributed by atoms with Crippen LogP contribution in [0.3, 0.4) is 0 Å². The van der Waals surface area contributed by atoms with E-state index in [-0.39, 0.29) is 5.91 Å². The van der Waals surface area contributed by atoms with Crippen molar-refractivity contribution in [2.24, 2.45) is 0 Å². The lowest BCUT2D eigenvalue weighted by Crippen LogP contribution is -2.22. The van der Waals surface area contributed by atoms with Crippen molar-refractivity contribution in [3.8, 4) is 11.5 Å². The van der Waals surface area contributed by atoms with Crippen LogP contribution in [0.5, 0.6) is 11.5 Å². The fourth-order valence-electron chi connectivity index (χ4n) is 2.61. The van der Waals surface area contributed by atoms with Gasteiger partial charge in [0.2, 0.25) is 0 Å². The summed E-state index contributed by atoms with van der Waals surface area (Å²) in [6.07, 6.45) is 1.82. The summed E-state index contributed by atoms with van der Waals surface area (Å²) in [7, 11) is 1.68. The molecule has 28 heavy (non-hydrogen) atoms. The van der Waals surface area contributed by atoms with Crippen molar-refractivity contribution in [1.29, 1.82) is 0 Å². The predicted octanol–water partition coefficient (Wildman–Crippen LogP) is 5.57. The van der Waals surface area contributed by atoms with Crippen LogP contribution >= 0.6 is 39.9 Å². The van der Waals surface area contributed by atoms with Gasteiger partial charge in [-0.25, -0.2) is 0 Å². The Balaban J connectivity index is 1.86. The van der Waals surface area contributed by atoms with E-state index in [4.69, 9.17) is 21.7 Å². The molecule has 1 aliphatic rings. The number of thioether (sulfide) groups is 1. The van der Waals surface area contributed by atoms with E-state index in [0.29, 0.717) is 33.9 Å². The molecule has 0 unspecified atom stereocenters. The fourth-order valence-corrected chi connectivity index (χ4v) is 4.36. The van der Waals surface area contributed by atoms with Crippen molar-refractivity contribution in [3.63, 3.8) is 0 Å². The molecule has 1 fully saturated rings. The number of aryl methyl sites for hydroxylation is 1. The number of carbonyl (C=O) groups is 1. The van der Waals surface area contributed by atoms with Gasteiger partial charge in [0.05, 0.1) is 16.0 Å². The van der Waals surface area contributed by atoms with Crippen molar-refractivity contribution in [1.82, 2.24) is 4.90 Å². The third-order valence-electron chi connectivity index (χ3n) is 4.12. The molecule has 2 aromatic carbocycles. The largest absolute Gasteiger partial charge is 0.490 e. The van der Waals surface area contributed by atoms with Gasteiger partial charge in [-0.15, -0.1) is 0 Å². The van der Waals surface area contributed by atoms with E-state index >= 15 is 0 Å². The molecule has 0 saturated carbocycles. The van der Waals surface area contributed by atoms with Gasteiger partial charge in [-0.1, -0.05) is 53.8 Å². The van der Waals surface area contributed by atoms with Crippen molar-refractivity contribution < 1.29 is 14.3 Å². The molecule has 0 bridgehead atoms. The lowest BCUT2D eigenvalue weighted by atomic mass is 10.1. The molecule has 1 aliphatic heterocycles. The number of rotatable bonds is 6. The van der Waals surface area contributed by atoms with E-state index in [1.165, 1.54) is 22.2 Å². The molecule has 2 aromatic rings. The normalized spacial score (nSPS) is 15.4. The second-order valence-electron chi connectivity index (χ2n) is 6.28. The zero-order valence-electron chi connectivity index (χ0n) is 15.8. The number of nitrogens with zero attached hydrogens (tertiary/aromatic N) is 1. The highest BCUT2D eigenvalue weighted by Gasteiger charge is 2.28. The third kappa shape index (κ3) is 4.77. The van der Waals surface area contributed by atoms with Crippen LogP contribution in [0.15, 0.2) is 45.8 Å². The Morgan fingerprint density at radius 1 is 1.21 bits per heavy atom. The first-order valence-corrected chi connectivity index (χ1v) is 10.8. The molecule has 0 N–H and O–H groups in total. The summed E-state index contributed by atoms with van der Waals surface area (Å²) in [5.74, 6) is 1.17. The first-order chi connectivity index (χ1) is 13.4. The van der Waals surface area contributed by atoms with E-state index in [1.807, 2.05) is 37.3 Å². The summed E-state index contributed by atoms with van der Waals surface area (Å²) in [5.41, 5.74) is 3.13. The molecule has 0 aliphatic carbocycles. The summed E-state index contributed by atoms with van der Waals surface area (Å²) in [6.45, 7) is 4.92. The molecular formula is C21H20BrNO3S2. The van der Waals surface area contributed by atoms with Crippen LogP contribution in [0.25, 0.3) is 6.08 Å². The first kappa shape index (κ1) is 20.9. The molecule has 1 saturated heterocycles. The minimum atomic E-state index is -0.0937. The number of likely N-dealkylation sites (N-methyl/N-ethyl adjacent to an activating group) is 1. The average Bonchev–Trinajstić information content (AvgIpc) is 2.89. The zero-order chi connectivity index (χ0) is 20.3. The summed E-state index contributed by atoms with van der Waals surface area (Å²) in [6, 6.07) is 12.0. The van der Waals surface area contributed by atoms with Gasteiger partial charge in [-0.05, 0) is 59.1 Å². The summed E-state index contributed by atoms with van der Waals surface area (Å²) >= 11 is 10.1. The minimum absolute atomic E-state index is 0.0937. The highest BCUT2D eigenvalue weighted by Crippen LogP contribution is 2.39. The minimum Gasteiger partial charge on any atom is -0.490 e. The van der Waals surface area contributed by atoms with E-state index < -0.39 is 0 Å². The van der Waals surface area contributed by atoms with Crippen molar-refractivity contribution >= 4 is 56.2 Å². The highest BCUT2D eigenvalue weighted by atomic mass is 79.9. The van der Waals surface area contributed by atoms with E-state index in [9.17, 15) is 4.79 Å². The van der Waals surface area contributed by atoms with Gasteiger partial charge in [0.15, 0.2) is 11.5 Å². The molecule has 3 rings (SSSR count). The molecular weight excluding hydrogens is 458 g/mol. The second-order valence-corrected chi connectivity index (χ2v) is 8.81. The third-order valence-corrected chi connectivity index (χ3v) is 6.19. The van der Waals surface area contributed by atoms with Gasteiger partial charge >= 0.3 is 0 Å². The second kappa shape index (κ2) is 9.11. The number of amides is 1. The average molecular weight is 478 g/mol. The Hall–Kier alpha value is -1.83. The van der Waals surface area contributed by atoms with Gasteiger partial charge in [0.25, 0.3) is 5.91 Å². The van der Waals surface area contributed by atoms with Crippen LogP contribution in [0.4, 0.5) is 0 Å². The van der Waals surface area contributed by atoms with E-state index in [0.717, 1.165) is 15.6 Å². The Morgan fingerprint density at radius 2 is 1.93 bits per heavy atom. The van der Waals surface area contributed by atoms with Crippen molar-refractivity contribution in [2.45, 2.75) is 20.5 Å². The van der Waals surface area contributed by atoms with Crippen LogP contribution in [0.1, 0.15) is 23.6 Å². The fraction of sp³-hybridized carbons (Fsp3) is 0.238. The molecule has 0 aromatic heterocycles. The number of halogens is 1. The Morgan fingerprint density at radius 3 is 2.54 bits per heavy atom. The molecule has 0 atom stereocenters. The Bertz CT molecular complexity index is 941. The first-order valence-electron chi connectivity index (χ1n) is 8.75. The summed E-state index contributed by atoms with van der Waals surface area (Å²) < 4.78 is 13.1. The Kier molecular flexibility index (Phi) is 6.80. The van der Waals surface area contributed by atoms with Gasteiger partial charge in [0, 0.05) is 7.05 Å². The Labute approximate surface area is 183 Å². The zero-order valence-corrected chi connectivity index (χ0v) is 19.0. The molecule has 7 heteroatoms. The number of carbonyl (C=O) groups excluding carboxylic acids is 1. The molecule has 1 heterocycles. The van der Waals surface area contributed by atoms with Crippen molar-refractivity contribution in [2.75, 3.05) is 13.7 Å². The molecule has 1 amide bonds. The molecule has 146 valence electrons. The smallest absolute Gasteiger partial charge is 0.265 e. The van der Waals surface area contributed by atoms with Crippen LogP contribution in [0, 0.1) is 6.92 Å². The maximum absolute atomic E-state index is 12.2. The number of hydrogen-bond donors (Lipinski definition) is 0. The van der Waals surface area contributed by atoms with Crippen LogP contribution in [0.2, 0.25) is 0 Å². The SMILES string of the molecule is CCOc1cc(C=C2SC(=S)N(C)C2=O)cc(Br)c1OCc1ccc(C)cc1. The van der Waals surface area contributed by atoms with E-state index in [2.05, 4.69) is 35.0 Å². The number of hydrogen-bond acceptors (Lipinski definition) is 5. The van der Waals surface area contributed by atoms with Gasteiger partial charge < -0.3 is 9.47 Å². The predicted molar refractivity (Wildman–Crippen MR) is 122 cm³/mol. The number of ether oxygens (including phenoxy) is 2. The van der Waals surface area contributed by atoms with Crippen LogP contribution in [-0.4, -0.2) is 28.8 Å². The molecule has 4 nitrogen and oxygen atoms in total. The highest BCUT2D eigenvalue weighted by molar-refractivity contribution is 9.10. The number of benzene rings is 2. The maximum atomic E-state index is 12.2. The molecule has 0 spiro atoms. The lowest BCUT2D eigenvalue weighted by Gasteiger charge is -2.15. The number of thiocarbonyl (C=S) groups is 1. The van der Waals surface area contributed by atoms with Gasteiger partial charge in [0.1, 0.15) is 10.9 Å². The monoisotopic (exact) mass is 477 g/mol. The quantitative estimate of drug-likeness (QED) is 0.401.